The molecule has 1 fully saturated rings. The molecule has 8 nitrogen and oxygen atoms in total. The van der Waals surface area contributed by atoms with Crippen molar-refractivity contribution < 1.29 is 9.53 Å². The number of primary amides is 1. The van der Waals surface area contributed by atoms with Gasteiger partial charge in [-0.25, -0.2) is 9.97 Å². The normalized spacial score (nSPS) is 14.5. The molecule has 1 aliphatic rings. The van der Waals surface area contributed by atoms with Crippen molar-refractivity contribution in [3.05, 3.63) is 59.5 Å². The molecule has 0 spiro atoms. The third-order valence-corrected chi connectivity index (χ3v) is 5.39. The second kappa shape index (κ2) is 8.54. The highest BCUT2D eigenvalue weighted by atomic mass is 16.5. The van der Waals surface area contributed by atoms with Crippen molar-refractivity contribution in [2.24, 2.45) is 5.73 Å². The lowest BCUT2D eigenvalue weighted by atomic mass is 9.92. The smallest absolute Gasteiger partial charge is 0.252 e. The number of ether oxygens (including phenoxy) is 1. The maximum atomic E-state index is 11.9. The fourth-order valence-electron chi connectivity index (χ4n) is 3.68. The van der Waals surface area contributed by atoms with Crippen LogP contribution >= 0.6 is 0 Å². The zero-order valence-corrected chi connectivity index (χ0v) is 17.2. The minimum atomic E-state index is -0.542. The van der Waals surface area contributed by atoms with Gasteiger partial charge in [-0.1, -0.05) is 12.1 Å². The third kappa shape index (κ3) is 4.28. The number of aromatic amines is 1. The molecule has 3 heterocycles. The van der Waals surface area contributed by atoms with Crippen molar-refractivity contribution in [3.8, 4) is 0 Å². The molecule has 0 radical (unpaired) electrons. The Kier molecular flexibility index (Phi) is 5.67. The molecule has 0 saturated carbocycles. The Hall–Kier alpha value is -3.39. The zero-order valence-electron chi connectivity index (χ0n) is 17.2. The Morgan fingerprint density at radius 1 is 1.20 bits per heavy atom. The van der Waals surface area contributed by atoms with Gasteiger partial charge in [-0.2, -0.15) is 0 Å². The number of aromatic nitrogens is 3. The van der Waals surface area contributed by atoms with Gasteiger partial charge in [0.05, 0.1) is 11.3 Å². The van der Waals surface area contributed by atoms with Crippen molar-refractivity contribution in [2.45, 2.75) is 25.7 Å². The first-order chi connectivity index (χ1) is 14.5. The molecule has 3 aromatic rings. The molecule has 4 N–H and O–H groups in total. The largest absolute Gasteiger partial charge is 0.381 e. The number of carbonyl (C=O) groups excluding carboxylic acids is 1. The van der Waals surface area contributed by atoms with Crippen molar-refractivity contribution >= 4 is 29.0 Å². The number of hydrogen-bond acceptors (Lipinski definition) is 6. The molecule has 0 unspecified atom stereocenters. The second-order valence-corrected chi connectivity index (χ2v) is 7.53. The number of rotatable bonds is 6. The molecule has 30 heavy (non-hydrogen) atoms. The Morgan fingerprint density at radius 3 is 2.57 bits per heavy atom. The van der Waals surface area contributed by atoms with E-state index in [2.05, 4.69) is 32.4 Å². The van der Waals surface area contributed by atoms with Gasteiger partial charge in [0.15, 0.2) is 0 Å². The number of pyridine rings is 1. The monoisotopic (exact) mass is 406 g/mol. The first kappa shape index (κ1) is 19.9. The summed E-state index contributed by atoms with van der Waals surface area (Å²) >= 11 is 0. The molecule has 1 aromatic carbocycles. The number of imidazole rings is 1. The summed E-state index contributed by atoms with van der Waals surface area (Å²) < 4.78 is 5.45. The van der Waals surface area contributed by atoms with E-state index in [0.29, 0.717) is 28.9 Å². The van der Waals surface area contributed by atoms with E-state index in [4.69, 9.17) is 10.5 Å². The van der Waals surface area contributed by atoms with Gasteiger partial charge in [0.25, 0.3) is 5.91 Å². The first-order valence-corrected chi connectivity index (χ1v) is 10.0. The topological polar surface area (TPSA) is 109 Å². The highest BCUT2D eigenvalue weighted by molar-refractivity contribution is 5.99. The molecular formula is C22H26N6O2. The number of amides is 1. The lowest BCUT2D eigenvalue weighted by molar-refractivity contribution is 0.0853. The molecule has 1 aliphatic heterocycles. The van der Waals surface area contributed by atoms with E-state index in [0.717, 1.165) is 37.4 Å². The Balaban J connectivity index is 1.56. The molecule has 2 aromatic heterocycles. The molecule has 0 aliphatic carbocycles. The summed E-state index contributed by atoms with van der Waals surface area (Å²) in [5.41, 5.74) is 9.68. The number of carbonyl (C=O) groups is 1. The number of nitrogens with zero attached hydrogens (tertiary/aromatic N) is 3. The first-order valence-electron chi connectivity index (χ1n) is 10.0. The predicted molar refractivity (Wildman–Crippen MR) is 117 cm³/mol. The zero-order chi connectivity index (χ0) is 21.1. The highest BCUT2D eigenvalue weighted by Gasteiger charge is 2.18. The number of nitrogens with one attached hydrogen (secondary N) is 2. The summed E-state index contributed by atoms with van der Waals surface area (Å²) in [7, 11) is 1.83. The lowest BCUT2D eigenvalue weighted by Gasteiger charge is -2.22. The van der Waals surface area contributed by atoms with Gasteiger partial charge in [0.1, 0.15) is 5.82 Å². The van der Waals surface area contributed by atoms with E-state index in [1.807, 2.05) is 26.1 Å². The summed E-state index contributed by atoms with van der Waals surface area (Å²) in [6, 6.07) is 10.2. The number of anilines is 4. The number of hydrogen-bond donors (Lipinski definition) is 3. The van der Waals surface area contributed by atoms with E-state index in [1.54, 1.807) is 17.2 Å². The molecule has 8 heteroatoms. The molecule has 156 valence electrons. The van der Waals surface area contributed by atoms with Crippen LogP contribution in [-0.2, 0) is 4.74 Å². The Labute approximate surface area is 175 Å². The van der Waals surface area contributed by atoms with Crippen LogP contribution in [-0.4, -0.2) is 41.1 Å². The summed E-state index contributed by atoms with van der Waals surface area (Å²) in [4.78, 5) is 25.6. The van der Waals surface area contributed by atoms with Gasteiger partial charge in [-0.05, 0) is 43.4 Å². The minimum absolute atomic E-state index is 0.326. The number of benzene rings is 1. The van der Waals surface area contributed by atoms with E-state index in [1.165, 1.54) is 11.8 Å². The van der Waals surface area contributed by atoms with Crippen molar-refractivity contribution in [1.82, 2.24) is 15.0 Å². The van der Waals surface area contributed by atoms with Gasteiger partial charge < -0.3 is 25.7 Å². The molecule has 1 saturated heterocycles. The minimum Gasteiger partial charge on any atom is -0.381 e. The number of H-pyrrole nitrogens is 1. The van der Waals surface area contributed by atoms with Crippen LogP contribution in [0, 0.1) is 6.92 Å². The average molecular weight is 406 g/mol. The number of aryl methyl sites for hydroxylation is 1. The van der Waals surface area contributed by atoms with E-state index < -0.39 is 5.91 Å². The van der Waals surface area contributed by atoms with Crippen LogP contribution in [0.2, 0.25) is 0 Å². The summed E-state index contributed by atoms with van der Waals surface area (Å²) in [5.74, 6) is 1.25. The van der Waals surface area contributed by atoms with Gasteiger partial charge in [0.2, 0.25) is 5.95 Å². The maximum absolute atomic E-state index is 11.9. The highest BCUT2D eigenvalue weighted by Crippen LogP contribution is 2.30. The van der Waals surface area contributed by atoms with Crippen LogP contribution in [0.25, 0.3) is 0 Å². The average Bonchev–Trinajstić information content (AvgIpc) is 3.20. The molecular weight excluding hydrogens is 380 g/mol. The van der Waals surface area contributed by atoms with E-state index >= 15 is 0 Å². The molecule has 0 bridgehead atoms. The van der Waals surface area contributed by atoms with Crippen LogP contribution in [0.5, 0.6) is 0 Å². The van der Waals surface area contributed by atoms with Gasteiger partial charge in [0, 0.05) is 50.1 Å². The third-order valence-electron chi connectivity index (χ3n) is 5.39. The van der Waals surface area contributed by atoms with Crippen molar-refractivity contribution in [3.63, 3.8) is 0 Å². The predicted octanol–water partition coefficient (Wildman–Crippen LogP) is 3.62. The van der Waals surface area contributed by atoms with Crippen molar-refractivity contribution in [2.75, 3.05) is 30.5 Å². The Bertz CT molecular complexity index is 1020. The summed E-state index contributed by atoms with van der Waals surface area (Å²) in [5, 5.41) is 3.31. The van der Waals surface area contributed by atoms with E-state index in [-0.39, 0.29) is 0 Å². The van der Waals surface area contributed by atoms with Gasteiger partial charge in [-0.3, -0.25) is 4.79 Å². The van der Waals surface area contributed by atoms with Crippen LogP contribution in [0.3, 0.4) is 0 Å². The quantitative estimate of drug-likeness (QED) is 0.577. The SMILES string of the molecule is Cc1cnc(N(C)c2cc(Nc3ccc(C4CCOCC4)cc3)ncc2C(N)=O)[nH]1. The summed E-state index contributed by atoms with van der Waals surface area (Å²) in [6.45, 7) is 3.57. The number of nitrogens with two attached hydrogens (primary N) is 1. The van der Waals surface area contributed by atoms with Crippen LogP contribution in [0.4, 0.5) is 23.1 Å². The fraction of sp³-hybridized carbons (Fsp3) is 0.318. The summed E-state index contributed by atoms with van der Waals surface area (Å²) in [6.07, 6.45) is 5.34. The van der Waals surface area contributed by atoms with Gasteiger partial charge in [-0.15, -0.1) is 0 Å². The molecule has 1 amide bonds. The fourth-order valence-corrected chi connectivity index (χ4v) is 3.68. The molecule has 0 atom stereocenters. The van der Waals surface area contributed by atoms with Crippen LogP contribution < -0.4 is 16.0 Å². The van der Waals surface area contributed by atoms with Gasteiger partial charge >= 0.3 is 0 Å². The maximum Gasteiger partial charge on any atom is 0.252 e. The van der Waals surface area contributed by atoms with Crippen LogP contribution in [0.1, 0.15) is 40.4 Å². The van der Waals surface area contributed by atoms with Crippen LogP contribution in [0.15, 0.2) is 42.7 Å². The molecule has 4 rings (SSSR count). The standard InChI is InChI=1S/C22H26N6O2/c1-14-12-25-22(26-14)28(2)19-11-20(24-13-18(19)21(23)29)27-17-5-3-15(4-6-17)16-7-9-30-10-8-16/h3-6,11-13,16H,7-10H2,1-2H3,(H2,23,29)(H,24,27)(H,25,26). The van der Waals surface area contributed by atoms with E-state index in [9.17, 15) is 4.79 Å². The lowest BCUT2D eigenvalue weighted by Crippen LogP contribution is -2.20. The Morgan fingerprint density at radius 2 is 1.93 bits per heavy atom. The second-order valence-electron chi connectivity index (χ2n) is 7.53. The van der Waals surface area contributed by atoms with Crippen molar-refractivity contribution in [1.29, 1.82) is 0 Å².